The Kier molecular flexibility index (Phi) is 7.44. The lowest BCUT2D eigenvalue weighted by Gasteiger charge is -2.06. The van der Waals surface area contributed by atoms with Crippen molar-refractivity contribution in [3.63, 3.8) is 0 Å². The molecule has 2 N–H and O–H groups in total. The molecular weight excluding hydrogens is 405 g/mol. The number of aryl methyl sites for hydroxylation is 1. The van der Waals surface area contributed by atoms with Gasteiger partial charge in [-0.15, -0.1) is 36.2 Å². The minimum atomic E-state index is -0.0221. The van der Waals surface area contributed by atoms with Gasteiger partial charge in [0, 0.05) is 25.0 Å². The molecule has 8 heteroatoms. The number of rotatable bonds is 5. The highest BCUT2D eigenvalue weighted by atomic mass is 35.5. The Morgan fingerprint density at radius 2 is 2.04 bits per heavy atom. The molecule has 144 valence electrons. The molecule has 0 unspecified atom stereocenters. The maximum Gasteiger partial charge on any atom is 0.226 e. The van der Waals surface area contributed by atoms with Crippen LogP contribution in [-0.4, -0.2) is 10.9 Å². The molecule has 0 atom stereocenters. The molecule has 3 heterocycles. The molecule has 5 nitrogen and oxygen atoms in total. The number of thiazole rings is 1. The molecule has 0 bridgehead atoms. The van der Waals surface area contributed by atoms with E-state index in [1.54, 1.807) is 0 Å². The van der Waals surface area contributed by atoms with E-state index in [0.717, 1.165) is 40.9 Å². The molecule has 1 aliphatic heterocycles. The molecule has 27 heavy (non-hydrogen) atoms. The number of hydrogen-bond donors (Lipinski definition) is 2. The topological polar surface area (TPSA) is 67.2 Å². The van der Waals surface area contributed by atoms with Crippen molar-refractivity contribution < 1.29 is 9.21 Å². The van der Waals surface area contributed by atoms with E-state index >= 15 is 0 Å². The second kappa shape index (κ2) is 9.37. The zero-order valence-electron chi connectivity index (χ0n) is 14.8. The van der Waals surface area contributed by atoms with Crippen LogP contribution < -0.4 is 10.6 Å². The summed E-state index contributed by atoms with van der Waals surface area (Å²) < 4.78 is 5.57. The maximum atomic E-state index is 12.2. The van der Waals surface area contributed by atoms with E-state index in [9.17, 15) is 4.79 Å². The molecule has 0 aliphatic carbocycles. The van der Waals surface area contributed by atoms with Crippen molar-refractivity contribution in [1.82, 2.24) is 15.6 Å². The fourth-order valence-corrected chi connectivity index (χ4v) is 3.72. The third-order valence-electron chi connectivity index (χ3n) is 4.24. The lowest BCUT2D eigenvalue weighted by atomic mass is 10.1. The van der Waals surface area contributed by atoms with Crippen molar-refractivity contribution in [2.24, 2.45) is 0 Å². The summed E-state index contributed by atoms with van der Waals surface area (Å²) in [6.07, 6.45) is 0.280. The molecule has 0 saturated carbocycles. The van der Waals surface area contributed by atoms with Crippen LogP contribution in [0.1, 0.15) is 28.1 Å². The number of aromatic nitrogens is 1. The quantitative estimate of drug-likeness (QED) is 0.647. The summed E-state index contributed by atoms with van der Waals surface area (Å²) in [7, 11) is 0. The minimum absolute atomic E-state index is 0. The van der Waals surface area contributed by atoms with Gasteiger partial charge in [-0.1, -0.05) is 18.2 Å². The lowest BCUT2D eigenvalue weighted by molar-refractivity contribution is -0.120. The first kappa shape index (κ1) is 21.4. The summed E-state index contributed by atoms with van der Waals surface area (Å²) >= 11 is 1.49. The Bertz CT molecular complexity index is 923. The van der Waals surface area contributed by atoms with Gasteiger partial charge in [0.1, 0.15) is 5.76 Å². The van der Waals surface area contributed by atoms with Crippen molar-refractivity contribution in [3.8, 4) is 10.8 Å². The third-order valence-corrected chi connectivity index (χ3v) is 5.14. The van der Waals surface area contributed by atoms with Crippen molar-refractivity contribution >= 4 is 42.1 Å². The number of furan rings is 1. The van der Waals surface area contributed by atoms with Crippen molar-refractivity contribution in [2.45, 2.75) is 33.0 Å². The van der Waals surface area contributed by atoms with Crippen LogP contribution in [-0.2, 0) is 30.8 Å². The summed E-state index contributed by atoms with van der Waals surface area (Å²) in [5, 5.41) is 9.02. The number of benzene rings is 1. The van der Waals surface area contributed by atoms with Crippen LogP contribution >= 0.6 is 36.2 Å². The second-order valence-corrected chi connectivity index (χ2v) is 7.07. The van der Waals surface area contributed by atoms with Gasteiger partial charge in [-0.2, -0.15) is 0 Å². The standard InChI is InChI=1S/C19H19N3O2S.2ClH/c1-12-2-5-17(24-12)19-22-16(11-25-19)7-18(23)21-8-13-3-4-14-9-20-10-15(14)6-13;;/h2-6,11,20H,7-10H2,1H3,(H,21,23);2*1H. The smallest absolute Gasteiger partial charge is 0.226 e. The van der Waals surface area contributed by atoms with Crippen LogP contribution in [0.5, 0.6) is 0 Å². The number of fused-ring (bicyclic) bond motifs is 1. The number of amides is 1. The lowest BCUT2D eigenvalue weighted by Crippen LogP contribution is -2.24. The van der Waals surface area contributed by atoms with E-state index in [0.29, 0.717) is 6.54 Å². The Morgan fingerprint density at radius 1 is 1.22 bits per heavy atom. The van der Waals surface area contributed by atoms with E-state index in [1.165, 1.54) is 22.5 Å². The number of carbonyl (C=O) groups excluding carboxylic acids is 1. The Hall–Kier alpha value is -1.86. The van der Waals surface area contributed by atoms with Gasteiger partial charge in [-0.05, 0) is 35.7 Å². The molecule has 3 aromatic rings. The number of nitrogens with zero attached hydrogens (tertiary/aromatic N) is 1. The molecular formula is C19H21Cl2N3O2S. The SMILES string of the molecule is Cc1ccc(-c2nc(CC(=O)NCc3ccc4c(c3)CNC4)cs2)o1.Cl.Cl. The van der Waals surface area contributed by atoms with E-state index in [1.807, 2.05) is 24.4 Å². The van der Waals surface area contributed by atoms with E-state index in [-0.39, 0.29) is 37.1 Å². The molecule has 0 fully saturated rings. The number of halogens is 2. The van der Waals surface area contributed by atoms with E-state index in [4.69, 9.17) is 4.42 Å². The normalized spacial score (nSPS) is 12.0. The zero-order chi connectivity index (χ0) is 17.2. The first-order chi connectivity index (χ1) is 12.2. The van der Waals surface area contributed by atoms with E-state index < -0.39 is 0 Å². The van der Waals surface area contributed by atoms with Crippen LogP contribution in [0.4, 0.5) is 0 Å². The summed E-state index contributed by atoms with van der Waals surface area (Å²) in [6.45, 7) is 4.29. The van der Waals surface area contributed by atoms with Crippen LogP contribution in [0.2, 0.25) is 0 Å². The van der Waals surface area contributed by atoms with Gasteiger partial charge in [-0.3, -0.25) is 4.79 Å². The highest BCUT2D eigenvalue weighted by Gasteiger charge is 2.13. The van der Waals surface area contributed by atoms with Gasteiger partial charge < -0.3 is 15.1 Å². The Labute approximate surface area is 174 Å². The fourth-order valence-electron chi connectivity index (χ4n) is 2.94. The molecule has 0 spiro atoms. The second-order valence-electron chi connectivity index (χ2n) is 6.21. The molecule has 0 radical (unpaired) electrons. The molecule has 1 amide bonds. The van der Waals surface area contributed by atoms with Crippen LogP contribution in [0, 0.1) is 6.92 Å². The predicted molar refractivity (Wildman–Crippen MR) is 112 cm³/mol. The number of nitrogens with one attached hydrogen (secondary N) is 2. The summed E-state index contributed by atoms with van der Waals surface area (Å²) in [6, 6.07) is 10.2. The first-order valence-electron chi connectivity index (χ1n) is 8.27. The minimum Gasteiger partial charge on any atom is -0.459 e. The number of hydrogen-bond acceptors (Lipinski definition) is 5. The first-order valence-corrected chi connectivity index (χ1v) is 9.14. The maximum absolute atomic E-state index is 12.2. The summed E-state index contributed by atoms with van der Waals surface area (Å²) in [5.41, 5.74) is 4.56. The highest BCUT2D eigenvalue weighted by molar-refractivity contribution is 7.13. The molecule has 1 aliphatic rings. The average molecular weight is 426 g/mol. The predicted octanol–water partition coefficient (Wildman–Crippen LogP) is 4.02. The van der Waals surface area contributed by atoms with E-state index in [2.05, 4.69) is 33.8 Å². The monoisotopic (exact) mass is 425 g/mol. The van der Waals surface area contributed by atoms with Gasteiger partial charge in [0.2, 0.25) is 5.91 Å². The summed E-state index contributed by atoms with van der Waals surface area (Å²) in [5.74, 6) is 1.58. The van der Waals surface area contributed by atoms with Gasteiger partial charge in [-0.25, -0.2) is 4.98 Å². The van der Waals surface area contributed by atoms with Gasteiger partial charge in [0.05, 0.1) is 12.1 Å². The third kappa shape index (κ3) is 5.11. The van der Waals surface area contributed by atoms with Crippen molar-refractivity contribution in [2.75, 3.05) is 0 Å². The fraction of sp³-hybridized carbons (Fsp3) is 0.263. The molecule has 2 aromatic heterocycles. The molecule has 1 aromatic carbocycles. The van der Waals surface area contributed by atoms with Crippen LogP contribution in [0.25, 0.3) is 10.8 Å². The van der Waals surface area contributed by atoms with Crippen LogP contribution in [0.15, 0.2) is 40.1 Å². The molecule has 0 saturated heterocycles. The zero-order valence-corrected chi connectivity index (χ0v) is 17.2. The largest absolute Gasteiger partial charge is 0.459 e. The summed E-state index contributed by atoms with van der Waals surface area (Å²) in [4.78, 5) is 16.7. The highest BCUT2D eigenvalue weighted by Crippen LogP contribution is 2.25. The average Bonchev–Trinajstić information content (AvgIpc) is 3.32. The Balaban J connectivity index is 0.00000131. The van der Waals surface area contributed by atoms with Gasteiger partial charge in [0.25, 0.3) is 0 Å². The number of carbonyl (C=O) groups is 1. The molecule has 4 rings (SSSR count). The Morgan fingerprint density at radius 3 is 2.81 bits per heavy atom. The van der Waals surface area contributed by atoms with Crippen LogP contribution in [0.3, 0.4) is 0 Å². The van der Waals surface area contributed by atoms with Crippen molar-refractivity contribution in [1.29, 1.82) is 0 Å². The van der Waals surface area contributed by atoms with Gasteiger partial charge >= 0.3 is 0 Å². The van der Waals surface area contributed by atoms with Gasteiger partial charge in [0.15, 0.2) is 10.8 Å². The van der Waals surface area contributed by atoms with Crippen molar-refractivity contribution in [3.05, 3.63) is 63.9 Å².